The molecule has 0 N–H and O–H groups in total. The summed E-state index contributed by atoms with van der Waals surface area (Å²) in [6.07, 6.45) is 4.15. The van der Waals surface area contributed by atoms with Crippen LogP contribution in [-0.2, 0) is 6.42 Å². The number of rotatable bonds is 2. The first kappa shape index (κ1) is 9.66. The lowest BCUT2D eigenvalue weighted by molar-refractivity contribution is 0.923. The molecule has 0 aliphatic rings. The highest BCUT2D eigenvalue weighted by atomic mass is 79.9. The highest BCUT2D eigenvalue weighted by Gasteiger charge is 2.00. The first-order chi connectivity index (χ1) is 6.81. The smallest absolute Gasteiger partial charge is 0.0713 e. The van der Waals surface area contributed by atoms with E-state index in [0.29, 0.717) is 0 Å². The normalized spacial score (nSPS) is 10.7. The summed E-state index contributed by atoms with van der Waals surface area (Å²) in [5, 5.41) is 1.21. The molecule has 1 heterocycles. The fraction of sp³-hybridized carbons (Fsp3) is 0.250. The van der Waals surface area contributed by atoms with Crippen molar-refractivity contribution in [2.24, 2.45) is 0 Å². The molecule has 14 heavy (non-hydrogen) atoms. The van der Waals surface area contributed by atoms with Crippen LogP contribution in [0.1, 0.15) is 18.9 Å². The van der Waals surface area contributed by atoms with Crippen molar-refractivity contribution < 1.29 is 0 Å². The third-order valence-corrected chi connectivity index (χ3v) is 2.98. The molecule has 0 radical (unpaired) electrons. The summed E-state index contributed by atoms with van der Waals surface area (Å²) >= 11 is 3.54. The molecule has 0 bridgehead atoms. The van der Waals surface area contributed by atoms with Gasteiger partial charge < -0.3 is 0 Å². The van der Waals surface area contributed by atoms with Crippen LogP contribution in [0.3, 0.4) is 0 Å². The topological polar surface area (TPSA) is 12.9 Å². The molecular weight excluding hydrogens is 238 g/mol. The fourth-order valence-corrected chi connectivity index (χ4v) is 2.04. The van der Waals surface area contributed by atoms with Crippen molar-refractivity contribution in [1.29, 1.82) is 0 Å². The number of halogens is 1. The van der Waals surface area contributed by atoms with Crippen molar-refractivity contribution in [1.82, 2.24) is 4.98 Å². The van der Waals surface area contributed by atoms with Gasteiger partial charge in [0.2, 0.25) is 0 Å². The second kappa shape index (κ2) is 4.09. The van der Waals surface area contributed by atoms with E-state index in [1.54, 1.807) is 0 Å². The number of hydrogen-bond acceptors (Lipinski definition) is 1. The predicted octanol–water partition coefficient (Wildman–Crippen LogP) is 3.95. The lowest BCUT2D eigenvalue weighted by Gasteiger charge is -2.03. The Morgan fingerprint density at radius 3 is 2.93 bits per heavy atom. The maximum atomic E-state index is 4.31. The minimum absolute atomic E-state index is 1.05. The van der Waals surface area contributed by atoms with E-state index in [1.165, 1.54) is 17.4 Å². The summed E-state index contributed by atoms with van der Waals surface area (Å²) in [7, 11) is 0. The van der Waals surface area contributed by atoms with Crippen LogP contribution < -0.4 is 0 Å². The summed E-state index contributed by atoms with van der Waals surface area (Å²) in [4.78, 5) is 4.31. The molecule has 1 nitrogen and oxygen atoms in total. The zero-order chi connectivity index (χ0) is 9.97. The zero-order valence-electron chi connectivity index (χ0n) is 8.13. The molecule has 0 aliphatic carbocycles. The second-order valence-corrected chi connectivity index (χ2v) is 4.25. The van der Waals surface area contributed by atoms with Crippen molar-refractivity contribution in [3.05, 3.63) is 40.5 Å². The number of fused-ring (bicyclic) bond motifs is 1. The molecule has 0 unspecified atom stereocenters. The Kier molecular flexibility index (Phi) is 2.82. The molecule has 1 aromatic carbocycles. The Labute approximate surface area is 92.3 Å². The summed E-state index contributed by atoms with van der Waals surface area (Å²) in [6, 6.07) is 8.45. The van der Waals surface area contributed by atoms with Crippen LogP contribution in [0.5, 0.6) is 0 Å². The van der Waals surface area contributed by atoms with Crippen molar-refractivity contribution in [3.8, 4) is 0 Å². The van der Waals surface area contributed by atoms with Gasteiger partial charge in [-0.1, -0.05) is 35.3 Å². The van der Waals surface area contributed by atoms with Gasteiger partial charge in [-0.25, -0.2) is 0 Å². The van der Waals surface area contributed by atoms with Crippen molar-refractivity contribution in [2.75, 3.05) is 0 Å². The van der Waals surface area contributed by atoms with Crippen LogP contribution in [0.25, 0.3) is 10.9 Å². The standard InChI is InChI=1S/C12H12BrN/c1-2-3-9-4-5-12-10(8-9)11(13)6-7-14-12/h4-8H,2-3H2,1H3. The van der Waals surface area contributed by atoms with E-state index in [9.17, 15) is 0 Å². The van der Waals surface area contributed by atoms with Gasteiger partial charge in [0.05, 0.1) is 5.52 Å². The molecule has 0 spiro atoms. The first-order valence-corrected chi connectivity index (χ1v) is 5.63. The number of benzene rings is 1. The molecule has 0 saturated carbocycles. The second-order valence-electron chi connectivity index (χ2n) is 3.39. The average molecular weight is 250 g/mol. The Bertz CT molecular complexity index is 451. The van der Waals surface area contributed by atoms with E-state index in [-0.39, 0.29) is 0 Å². The van der Waals surface area contributed by atoms with E-state index in [4.69, 9.17) is 0 Å². The summed E-state index contributed by atoms with van der Waals surface area (Å²) in [6.45, 7) is 2.20. The first-order valence-electron chi connectivity index (χ1n) is 4.84. The largest absolute Gasteiger partial charge is 0.256 e. The number of pyridine rings is 1. The van der Waals surface area contributed by atoms with Crippen molar-refractivity contribution in [2.45, 2.75) is 19.8 Å². The highest BCUT2D eigenvalue weighted by Crippen LogP contribution is 2.23. The van der Waals surface area contributed by atoms with E-state index in [1.807, 2.05) is 12.3 Å². The van der Waals surface area contributed by atoms with Gasteiger partial charge >= 0.3 is 0 Å². The zero-order valence-corrected chi connectivity index (χ0v) is 9.71. The van der Waals surface area contributed by atoms with E-state index in [2.05, 4.69) is 46.0 Å². The number of aromatic nitrogens is 1. The minimum Gasteiger partial charge on any atom is -0.256 e. The number of aryl methyl sites for hydroxylation is 1. The lowest BCUT2D eigenvalue weighted by atomic mass is 10.1. The van der Waals surface area contributed by atoms with E-state index >= 15 is 0 Å². The van der Waals surface area contributed by atoms with E-state index in [0.717, 1.165) is 16.4 Å². The molecule has 0 atom stereocenters. The molecule has 0 saturated heterocycles. The van der Waals surface area contributed by atoms with Crippen LogP contribution in [0.4, 0.5) is 0 Å². The molecule has 2 heteroatoms. The van der Waals surface area contributed by atoms with Gasteiger partial charge in [0, 0.05) is 16.1 Å². The maximum absolute atomic E-state index is 4.31. The van der Waals surface area contributed by atoms with Crippen LogP contribution in [0, 0.1) is 0 Å². The Hall–Kier alpha value is -0.890. The highest BCUT2D eigenvalue weighted by molar-refractivity contribution is 9.10. The fourth-order valence-electron chi connectivity index (χ4n) is 1.60. The quantitative estimate of drug-likeness (QED) is 0.786. The Morgan fingerprint density at radius 1 is 1.29 bits per heavy atom. The van der Waals surface area contributed by atoms with Gasteiger partial charge in [0.1, 0.15) is 0 Å². The molecule has 72 valence electrons. The third-order valence-electron chi connectivity index (χ3n) is 2.29. The van der Waals surface area contributed by atoms with Crippen molar-refractivity contribution >= 4 is 26.8 Å². The van der Waals surface area contributed by atoms with Gasteiger partial charge in [0.15, 0.2) is 0 Å². The van der Waals surface area contributed by atoms with Crippen LogP contribution in [0.2, 0.25) is 0 Å². The molecule has 0 amide bonds. The predicted molar refractivity (Wildman–Crippen MR) is 63.4 cm³/mol. The molecule has 1 aromatic heterocycles. The van der Waals surface area contributed by atoms with Gasteiger partial charge in [-0.2, -0.15) is 0 Å². The number of hydrogen-bond donors (Lipinski definition) is 0. The van der Waals surface area contributed by atoms with Crippen LogP contribution in [-0.4, -0.2) is 4.98 Å². The lowest BCUT2D eigenvalue weighted by Crippen LogP contribution is -1.85. The number of nitrogens with zero attached hydrogens (tertiary/aromatic N) is 1. The summed E-state index contributed by atoms with van der Waals surface area (Å²) in [5.74, 6) is 0. The molecular formula is C12H12BrN. The van der Waals surface area contributed by atoms with Gasteiger partial charge in [0.25, 0.3) is 0 Å². The van der Waals surface area contributed by atoms with E-state index < -0.39 is 0 Å². The monoisotopic (exact) mass is 249 g/mol. The minimum atomic E-state index is 1.05. The van der Waals surface area contributed by atoms with Gasteiger partial charge in [-0.05, 0) is 30.2 Å². The molecule has 0 fully saturated rings. The molecule has 2 aromatic rings. The average Bonchev–Trinajstić information content (AvgIpc) is 2.20. The van der Waals surface area contributed by atoms with Gasteiger partial charge in [-0.3, -0.25) is 4.98 Å². The summed E-state index contributed by atoms with van der Waals surface area (Å²) in [5.41, 5.74) is 2.44. The third kappa shape index (κ3) is 1.80. The van der Waals surface area contributed by atoms with Crippen LogP contribution in [0.15, 0.2) is 34.9 Å². The Balaban J connectivity index is 2.58. The SMILES string of the molecule is CCCc1ccc2nccc(Br)c2c1. The van der Waals surface area contributed by atoms with Crippen molar-refractivity contribution in [3.63, 3.8) is 0 Å². The van der Waals surface area contributed by atoms with Crippen LogP contribution >= 0.6 is 15.9 Å². The maximum Gasteiger partial charge on any atom is 0.0713 e. The molecule has 0 aliphatic heterocycles. The van der Waals surface area contributed by atoms with Gasteiger partial charge in [-0.15, -0.1) is 0 Å². The Morgan fingerprint density at radius 2 is 2.14 bits per heavy atom. The molecule has 2 rings (SSSR count). The summed E-state index contributed by atoms with van der Waals surface area (Å²) < 4.78 is 1.13.